The highest BCUT2D eigenvalue weighted by molar-refractivity contribution is 5.76. The van der Waals surface area contributed by atoms with Crippen LogP contribution in [0.2, 0.25) is 0 Å². The monoisotopic (exact) mass is 373 g/mol. The topological polar surface area (TPSA) is 47.0 Å². The number of carbonyl (C=O) groups excluding carboxylic acids is 1. The largest absolute Gasteiger partial charge is 0.387 e. The zero-order valence-corrected chi connectivity index (χ0v) is 16.7. The Hall–Kier alpha value is -1.43. The average Bonchev–Trinajstić information content (AvgIpc) is 2.89. The number of aliphatic hydroxyl groups excluding tert-OH is 1. The highest BCUT2D eigenvalue weighted by atomic mass is 16.3. The maximum absolute atomic E-state index is 12.5. The van der Waals surface area contributed by atoms with Gasteiger partial charge in [0.05, 0.1) is 6.10 Å². The van der Waals surface area contributed by atoms with Gasteiger partial charge in [-0.3, -0.25) is 4.79 Å². The van der Waals surface area contributed by atoms with Crippen LogP contribution in [0.25, 0.3) is 0 Å². The van der Waals surface area contributed by atoms with Crippen molar-refractivity contribution >= 4 is 5.91 Å². The molecule has 0 bridgehead atoms. The number of hydrogen-bond donors (Lipinski definition) is 1. The number of hydrogen-bond acceptors (Lipinski definition) is 4. The lowest BCUT2D eigenvalue weighted by Gasteiger charge is -2.30. The van der Waals surface area contributed by atoms with Gasteiger partial charge < -0.3 is 19.8 Å². The van der Waals surface area contributed by atoms with E-state index in [-0.39, 0.29) is 0 Å². The Morgan fingerprint density at radius 1 is 1.07 bits per heavy atom. The molecule has 2 saturated heterocycles. The predicted molar refractivity (Wildman–Crippen MR) is 109 cm³/mol. The number of piperidine rings is 1. The molecule has 0 saturated carbocycles. The molecule has 1 aromatic carbocycles. The fourth-order valence-electron chi connectivity index (χ4n) is 4.35. The molecule has 27 heavy (non-hydrogen) atoms. The lowest BCUT2D eigenvalue weighted by Crippen LogP contribution is -2.40. The minimum absolute atomic E-state index is 0.298. The van der Waals surface area contributed by atoms with Crippen LogP contribution in [0.5, 0.6) is 0 Å². The molecule has 2 aliphatic rings. The molecular formula is C22H35N3O2. The van der Waals surface area contributed by atoms with E-state index in [0.717, 1.165) is 38.0 Å². The second-order valence-corrected chi connectivity index (χ2v) is 8.13. The zero-order chi connectivity index (χ0) is 19.1. The van der Waals surface area contributed by atoms with Crippen LogP contribution in [0.15, 0.2) is 30.3 Å². The van der Waals surface area contributed by atoms with E-state index < -0.39 is 6.10 Å². The van der Waals surface area contributed by atoms with Crippen LogP contribution in [0.1, 0.15) is 50.2 Å². The molecule has 150 valence electrons. The maximum Gasteiger partial charge on any atom is 0.222 e. The summed E-state index contributed by atoms with van der Waals surface area (Å²) in [6, 6.07) is 10.2. The third-order valence-electron chi connectivity index (χ3n) is 6.18. The van der Waals surface area contributed by atoms with Crippen molar-refractivity contribution in [3.8, 4) is 0 Å². The summed E-state index contributed by atoms with van der Waals surface area (Å²) >= 11 is 0. The molecule has 5 nitrogen and oxygen atoms in total. The molecule has 0 spiro atoms. The Balaban J connectivity index is 1.46. The van der Waals surface area contributed by atoms with Gasteiger partial charge in [-0.05, 0) is 51.4 Å². The summed E-state index contributed by atoms with van der Waals surface area (Å²) in [7, 11) is 2.07. The molecule has 0 aromatic heterocycles. The minimum Gasteiger partial charge on any atom is -0.387 e. The van der Waals surface area contributed by atoms with Crippen LogP contribution in [-0.4, -0.2) is 78.1 Å². The van der Waals surface area contributed by atoms with E-state index in [1.807, 2.05) is 30.3 Å². The van der Waals surface area contributed by atoms with Crippen molar-refractivity contribution in [2.45, 2.75) is 50.7 Å². The molecule has 3 rings (SSSR count). The first kappa shape index (κ1) is 20.3. The molecule has 2 heterocycles. The first-order chi connectivity index (χ1) is 13.1. The molecule has 0 radical (unpaired) electrons. The summed E-state index contributed by atoms with van der Waals surface area (Å²) in [6.07, 6.45) is 5.96. The molecular weight excluding hydrogens is 338 g/mol. The summed E-state index contributed by atoms with van der Waals surface area (Å²) in [6.45, 7) is 5.69. The molecule has 2 fully saturated rings. The number of aliphatic hydroxyl groups is 1. The van der Waals surface area contributed by atoms with Gasteiger partial charge in [0.15, 0.2) is 0 Å². The second kappa shape index (κ2) is 10.2. The molecule has 1 aromatic rings. The van der Waals surface area contributed by atoms with E-state index in [1.165, 1.54) is 32.4 Å². The number of carbonyl (C=O) groups is 1. The van der Waals surface area contributed by atoms with Gasteiger partial charge in [0, 0.05) is 38.6 Å². The molecule has 1 N–H and O–H groups in total. The van der Waals surface area contributed by atoms with Gasteiger partial charge in [0.1, 0.15) is 0 Å². The average molecular weight is 374 g/mol. The Labute approximate surface area is 163 Å². The quantitative estimate of drug-likeness (QED) is 0.798. The van der Waals surface area contributed by atoms with E-state index in [4.69, 9.17) is 0 Å². The Kier molecular flexibility index (Phi) is 7.68. The van der Waals surface area contributed by atoms with Gasteiger partial charge in [-0.1, -0.05) is 36.8 Å². The van der Waals surface area contributed by atoms with Crippen molar-refractivity contribution in [3.63, 3.8) is 0 Å². The van der Waals surface area contributed by atoms with Crippen LogP contribution in [0, 0.1) is 0 Å². The SMILES string of the molecule is CN(CC(O)c1ccccc1)C1CCC(=O)N(CCN2CCCCC2)CC1. The first-order valence-electron chi connectivity index (χ1n) is 10.6. The van der Waals surface area contributed by atoms with Crippen molar-refractivity contribution < 1.29 is 9.90 Å². The Morgan fingerprint density at radius 2 is 1.81 bits per heavy atom. The van der Waals surface area contributed by atoms with Crippen LogP contribution in [0.4, 0.5) is 0 Å². The van der Waals surface area contributed by atoms with E-state index in [9.17, 15) is 9.90 Å². The lowest BCUT2D eigenvalue weighted by molar-refractivity contribution is -0.130. The number of amides is 1. The van der Waals surface area contributed by atoms with E-state index in [2.05, 4.69) is 21.7 Å². The minimum atomic E-state index is -0.481. The summed E-state index contributed by atoms with van der Waals surface area (Å²) in [5, 5.41) is 10.5. The van der Waals surface area contributed by atoms with Crippen molar-refractivity contribution in [1.82, 2.24) is 14.7 Å². The highest BCUT2D eigenvalue weighted by Gasteiger charge is 2.26. The molecule has 2 unspecified atom stereocenters. The van der Waals surface area contributed by atoms with E-state index >= 15 is 0 Å². The summed E-state index contributed by atoms with van der Waals surface area (Å²) in [5.41, 5.74) is 0.956. The normalized spacial score (nSPS) is 23.4. The smallest absolute Gasteiger partial charge is 0.222 e. The number of likely N-dealkylation sites (tertiary alicyclic amines) is 2. The Morgan fingerprint density at radius 3 is 2.56 bits per heavy atom. The highest BCUT2D eigenvalue weighted by Crippen LogP contribution is 2.20. The maximum atomic E-state index is 12.5. The number of nitrogens with zero attached hydrogens (tertiary/aromatic N) is 3. The standard InChI is InChI=1S/C22H35N3O2/c1-23(18-21(26)19-8-4-2-5-9-19)20-10-11-22(27)25(15-12-20)17-16-24-13-6-3-7-14-24/h2,4-5,8-9,20-21,26H,3,6-7,10-18H2,1H3. The van der Waals surface area contributed by atoms with Crippen LogP contribution in [-0.2, 0) is 4.79 Å². The van der Waals surface area contributed by atoms with Crippen molar-refractivity contribution in [1.29, 1.82) is 0 Å². The van der Waals surface area contributed by atoms with Crippen LogP contribution in [0.3, 0.4) is 0 Å². The van der Waals surface area contributed by atoms with Crippen LogP contribution >= 0.6 is 0 Å². The number of benzene rings is 1. The summed E-state index contributed by atoms with van der Waals surface area (Å²) in [5.74, 6) is 0.298. The Bertz CT molecular complexity index is 574. The third-order valence-corrected chi connectivity index (χ3v) is 6.18. The van der Waals surface area contributed by atoms with E-state index in [1.54, 1.807) is 0 Å². The van der Waals surface area contributed by atoms with Gasteiger partial charge in [0.2, 0.25) is 5.91 Å². The van der Waals surface area contributed by atoms with Crippen molar-refractivity contribution in [3.05, 3.63) is 35.9 Å². The number of rotatable bonds is 7. The summed E-state index contributed by atoms with van der Waals surface area (Å²) < 4.78 is 0. The molecule has 2 atom stereocenters. The summed E-state index contributed by atoms with van der Waals surface area (Å²) in [4.78, 5) is 19.3. The van der Waals surface area contributed by atoms with Gasteiger partial charge >= 0.3 is 0 Å². The fraction of sp³-hybridized carbons (Fsp3) is 0.682. The fourth-order valence-corrected chi connectivity index (χ4v) is 4.35. The zero-order valence-electron chi connectivity index (χ0n) is 16.7. The van der Waals surface area contributed by atoms with Gasteiger partial charge in [-0.15, -0.1) is 0 Å². The molecule has 5 heteroatoms. The third kappa shape index (κ3) is 6.03. The van der Waals surface area contributed by atoms with Crippen molar-refractivity contribution in [2.75, 3.05) is 46.3 Å². The molecule has 1 amide bonds. The van der Waals surface area contributed by atoms with Crippen molar-refractivity contribution in [2.24, 2.45) is 0 Å². The van der Waals surface area contributed by atoms with Crippen LogP contribution < -0.4 is 0 Å². The lowest BCUT2D eigenvalue weighted by atomic mass is 10.1. The van der Waals surface area contributed by atoms with Gasteiger partial charge in [0.25, 0.3) is 0 Å². The molecule has 0 aliphatic carbocycles. The number of likely N-dealkylation sites (N-methyl/N-ethyl adjacent to an activating group) is 1. The predicted octanol–water partition coefficient (Wildman–Crippen LogP) is 2.52. The molecule has 2 aliphatic heterocycles. The van der Waals surface area contributed by atoms with E-state index in [0.29, 0.717) is 24.9 Å². The first-order valence-corrected chi connectivity index (χ1v) is 10.6. The second-order valence-electron chi connectivity index (χ2n) is 8.13. The van der Waals surface area contributed by atoms with Gasteiger partial charge in [-0.25, -0.2) is 0 Å². The van der Waals surface area contributed by atoms with Gasteiger partial charge in [-0.2, -0.15) is 0 Å².